The van der Waals surface area contributed by atoms with Crippen molar-refractivity contribution in [1.82, 2.24) is 4.57 Å². The van der Waals surface area contributed by atoms with Crippen molar-refractivity contribution in [3.05, 3.63) is 33.7 Å². The van der Waals surface area contributed by atoms with Crippen LogP contribution < -0.4 is 5.56 Å². The zero-order valence-electron chi connectivity index (χ0n) is 9.79. The lowest BCUT2D eigenvalue weighted by Gasteiger charge is -2.15. The number of esters is 1. The van der Waals surface area contributed by atoms with Gasteiger partial charge in [-0.2, -0.15) is 8.78 Å². The standard InChI is InChI=1S/C11H13F2NO3/c1-4-17-10(16)11(12,13)8-6-5-7(2)14(3)9(8)15/h5-6H,4H2,1-3H3. The van der Waals surface area contributed by atoms with Crippen LogP contribution in [0.3, 0.4) is 0 Å². The number of aryl methyl sites for hydroxylation is 1. The maximum atomic E-state index is 13.6. The second-order valence-electron chi connectivity index (χ2n) is 3.55. The molecule has 17 heavy (non-hydrogen) atoms. The fraction of sp³-hybridized carbons (Fsp3) is 0.455. The van der Waals surface area contributed by atoms with E-state index in [9.17, 15) is 18.4 Å². The lowest BCUT2D eigenvalue weighted by molar-refractivity contribution is -0.173. The third-order valence-corrected chi connectivity index (χ3v) is 2.43. The van der Waals surface area contributed by atoms with E-state index in [4.69, 9.17) is 0 Å². The van der Waals surface area contributed by atoms with Gasteiger partial charge >= 0.3 is 11.9 Å². The Morgan fingerprint density at radius 2 is 2.06 bits per heavy atom. The Hall–Kier alpha value is -1.72. The van der Waals surface area contributed by atoms with Crippen molar-refractivity contribution in [1.29, 1.82) is 0 Å². The molecule has 0 saturated carbocycles. The highest BCUT2D eigenvalue weighted by Gasteiger charge is 2.45. The first-order chi connectivity index (χ1) is 7.82. The first-order valence-electron chi connectivity index (χ1n) is 5.04. The summed E-state index contributed by atoms with van der Waals surface area (Å²) in [4.78, 5) is 22.7. The number of hydrogen-bond donors (Lipinski definition) is 0. The zero-order valence-corrected chi connectivity index (χ0v) is 9.79. The molecule has 0 unspecified atom stereocenters. The molecular weight excluding hydrogens is 232 g/mol. The Kier molecular flexibility index (Phi) is 3.65. The Bertz CT molecular complexity index is 494. The number of carbonyl (C=O) groups excluding carboxylic acids is 1. The summed E-state index contributed by atoms with van der Waals surface area (Å²) >= 11 is 0. The molecule has 1 aromatic heterocycles. The normalized spacial score (nSPS) is 11.4. The van der Waals surface area contributed by atoms with Crippen LogP contribution in [0.2, 0.25) is 0 Å². The molecule has 0 fully saturated rings. The smallest absolute Gasteiger partial charge is 0.382 e. The molecule has 0 N–H and O–H groups in total. The van der Waals surface area contributed by atoms with E-state index in [1.807, 2.05) is 0 Å². The highest BCUT2D eigenvalue weighted by atomic mass is 19.3. The molecule has 0 aliphatic carbocycles. The van der Waals surface area contributed by atoms with Crippen LogP contribution in [0.4, 0.5) is 8.78 Å². The average Bonchev–Trinajstić information content (AvgIpc) is 2.26. The molecule has 0 aliphatic rings. The molecule has 0 aliphatic heterocycles. The highest BCUT2D eigenvalue weighted by Crippen LogP contribution is 2.26. The molecule has 0 atom stereocenters. The van der Waals surface area contributed by atoms with E-state index >= 15 is 0 Å². The molecular formula is C11H13F2NO3. The van der Waals surface area contributed by atoms with Crippen LogP contribution in [-0.2, 0) is 22.5 Å². The van der Waals surface area contributed by atoms with Crippen molar-refractivity contribution >= 4 is 5.97 Å². The lowest BCUT2D eigenvalue weighted by Crippen LogP contribution is -2.36. The summed E-state index contributed by atoms with van der Waals surface area (Å²) in [5, 5.41) is 0. The van der Waals surface area contributed by atoms with Crippen molar-refractivity contribution in [2.24, 2.45) is 7.05 Å². The van der Waals surface area contributed by atoms with Gasteiger partial charge < -0.3 is 9.30 Å². The number of alkyl halides is 2. The molecule has 4 nitrogen and oxygen atoms in total. The molecule has 1 rings (SSSR count). The van der Waals surface area contributed by atoms with Gasteiger partial charge in [-0.25, -0.2) is 4.79 Å². The number of pyridine rings is 1. The van der Waals surface area contributed by atoms with Crippen LogP contribution in [-0.4, -0.2) is 17.1 Å². The minimum absolute atomic E-state index is 0.166. The van der Waals surface area contributed by atoms with Crippen molar-refractivity contribution in [2.45, 2.75) is 19.8 Å². The molecule has 0 spiro atoms. The van der Waals surface area contributed by atoms with E-state index in [0.29, 0.717) is 5.69 Å². The van der Waals surface area contributed by atoms with Gasteiger partial charge in [-0.3, -0.25) is 4.79 Å². The summed E-state index contributed by atoms with van der Waals surface area (Å²) in [6, 6.07) is 2.30. The van der Waals surface area contributed by atoms with E-state index < -0.39 is 23.0 Å². The molecule has 0 radical (unpaired) electrons. The molecule has 94 valence electrons. The second kappa shape index (κ2) is 4.65. The molecule has 0 saturated heterocycles. The van der Waals surface area contributed by atoms with Gasteiger partial charge in [0, 0.05) is 12.7 Å². The minimum atomic E-state index is -3.92. The summed E-state index contributed by atoms with van der Waals surface area (Å²) in [5.41, 5.74) is -1.24. The van der Waals surface area contributed by atoms with E-state index in [0.717, 1.165) is 10.6 Å². The fourth-order valence-electron chi connectivity index (χ4n) is 1.30. The summed E-state index contributed by atoms with van der Waals surface area (Å²) in [6.45, 7) is 2.86. The summed E-state index contributed by atoms with van der Waals surface area (Å²) in [6.07, 6.45) is 0. The van der Waals surface area contributed by atoms with Crippen LogP contribution >= 0.6 is 0 Å². The third-order valence-electron chi connectivity index (χ3n) is 2.43. The van der Waals surface area contributed by atoms with E-state index in [1.165, 1.54) is 20.0 Å². The zero-order chi connectivity index (χ0) is 13.2. The van der Waals surface area contributed by atoms with E-state index in [1.54, 1.807) is 6.92 Å². The van der Waals surface area contributed by atoms with Gasteiger partial charge in [0.1, 0.15) is 0 Å². The molecule has 0 amide bonds. The summed E-state index contributed by atoms with van der Waals surface area (Å²) < 4.78 is 32.5. The third kappa shape index (κ3) is 2.35. The number of halogens is 2. The van der Waals surface area contributed by atoms with Crippen molar-refractivity contribution in [3.63, 3.8) is 0 Å². The number of nitrogens with zero attached hydrogens (tertiary/aromatic N) is 1. The first kappa shape index (κ1) is 13.3. The predicted molar refractivity (Wildman–Crippen MR) is 56.9 cm³/mol. The average molecular weight is 245 g/mol. The Labute approximate surface area is 96.8 Å². The molecule has 1 aromatic rings. The topological polar surface area (TPSA) is 48.3 Å². The largest absolute Gasteiger partial charge is 0.461 e. The minimum Gasteiger partial charge on any atom is -0.461 e. The van der Waals surface area contributed by atoms with E-state index in [-0.39, 0.29) is 6.61 Å². The monoisotopic (exact) mass is 245 g/mol. The van der Waals surface area contributed by atoms with Gasteiger partial charge in [0.05, 0.1) is 12.2 Å². The van der Waals surface area contributed by atoms with Gasteiger partial charge in [0.2, 0.25) is 0 Å². The summed E-state index contributed by atoms with van der Waals surface area (Å²) in [5.74, 6) is -5.63. The van der Waals surface area contributed by atoms with Crippen LogP contribution in [0.1, 0.15) is 18.2 Å². The number of rotatable bonds is 3. The lowest BCUT2D eigenvalue weighted by atomic mass is 10.1. The molecule has 1 heterocycles. The van der Waals surface area contributed by atoms with Crippen LogP contribution in [0.25, 0.3) is 0 Å². The van der Waals surface area contributed by atoms with Gasteiger partial charge in [-0.1, -0.05) is 0 Å². The summed E-state index contributed by atoms with van der Waals surface area (Å²) in [7, 11) is 1.36. The number of ether oxygens (including phenoxy) is 1. The maximum Gasteiger partial charge on any atom is 0.382 e. The molecule has 0 bridgehead atoms. The van der Waals surface area contributed by atoms with Gasteiger partial charge in [0.15, 0.2) is 0 Å². The second-order valence-corrected chi connectivity index (χ2v) is 3.55. The van der Waals surface area contributed by atoms with Gasteiger partial charge in [-0.05, 0) is 26.0 Å². The molecule has 0 aromatic carbocycles. The van der Waals surface area contributed by atoms with Crippen molar-refractivity contribution < 1.29 is 18.3 Å². The van der Waals surface area contributed by atoms with Crippen molar-refractivity contribution in [3.8, 4) is 0 Å². The SMILES string of the molecule is CCOC(=O)C(F)(F)c1ccc(C)n(C)c1=O. The Balaban J connectivity index is 3.29. The van der Waals surface area contributed by atoms with Gasteiger partial charge in [-0.15, -0.1) is 0 Å². The quantitative estimate of drug-likeness (QED) is 0.755. The highest BCUT2D eigenvalue weighted by molar-refractivity contribution is 5.79. The van der Waals surface area contributed by atoms with Crippen LogP contribution in [0.5, 0.6) is 0 Å². The van der Waals surface area contributed by atoms with Crippen LogP contribution in [0, 0.1) is 6.92 Å². The maximum absolute atomic E-state index is 13.6. The van der Waals surface area contributed by atoms with Crippen molar-refractivity contribution in [2.75, 3.05) is 6.61 Å². The van der Waals surface area contributed by atoms with Crippen LogP contribution in [0.15, 0.2) is 16.9 Å². The molecule has 6 heteroatoms. The Morgan fingerprint density at radius 3 is 2.59 bits per heavy atom. The number of aromatic nitrogens is 1. The fourth-order valence-corrected chi connectivity index (χ4v) is 1.30. The van der Waals surface area contributed by atoms with Gasteiger partial charge in [0.25, 0.3) is 5.56 Å². The predicted octanol–water partition coefficient (Wildman–Crippen LogP) is 1.35. The number of hydrogen-bond acceptors (Lipinski definition) is 3. The Morgan fingerprint density at radius 1 is 1.47 bits per heavy atom. The number of carbonyl (C=O) groups is 1. The van der Waals surface area contributed by atoms with E-state index in [2.05, 4.69) is 4.74 Å². The first-order valence-corrected chi connectivity index (χ1v) is 5.04.